The summed E-state index contributed by atoms with van der Waals surface area (Å²) in [5.74, 6) is -1.21. The summed E-state index contributed by atoms with van der Waals surface area (Å²) >= 11 is 0. The molecule has 0 bridgehead atoms. The van der Waals surface area contributed by atoms with E-state index in [0.717, 1.165) is 11.5 Å². The van der Waals surface area contributed by atoms with Crippen molar-refractivity contribution in [3.05, 3.63) is 46.0 Å². The quantitative estimate of drug-likeness (QED) is 0.642. The number of aromatic nitrogens is 3. The Labute approximate surface area is 126 Å². The van der Waals surface area contributed by atoms with Crippen molar-refractivity contribution in [3.63, 3.8) is 0 Å². The summed E-state index contributed by atoms with van der Waals surface area (Å²) in [5.41, 5.74) is -2.85. The highest BCUT2D eigenvalue weighted by molar-refractivity contribution is 5.99. The second kappa shape index (κ2) is 4.83. The molecule has 0 aliphatic carbocycles. The molecule has 1 aromatic carbocycles. The molecular weight excluding hydrogens is 315 g/mol. The molecular formula is C14H10F3N3O3. The van der Waals surface area contributed by atoms with Gasteiger partial charge in [-0.15, -0.1) is 0 Å². The Hall–Kier alpha value is -2.84. The lowest BCUT2D eigenvalue weighted by Crippen LogP contribution is -2.27. The highest BCUT2D eigenvalue weighted by Gasteiger charge is 2.41. The average Bonchev–Trinajstić information content (AvgIpc) is 2.80. The zero-order valence-corrected chi connectivity index (χ0v) is 12.0. The van der Waals surface area contributed by atoms with Gasteiger partial charge in [0.15, 0.2) is 5.69 Å². The molecule has 0 aliphatic heterocycles. The number of para-hydroxylation sites is 2. The van der Waals surface area contributed by atoms with Crippen molar-refractivity contribution in [3.8, 4) is 0 Å². The maximum absolute atomic E-state index is 13.2. The Morgan fingerprint density at radius 1 is 1.22 bits per heavy atom. The zero-order chi connectivity index (χ0) is 16.9. The third-order valence-corrected chi connectivity index (χ3v) is 3.53. The van der Waals surface area contributed by atoms with Crippen LogP contribution in [0.5, 0.6) is 0 Å². The minimum absolute atomic E-state index is 0.217. The van der Waals surface area contributed by atoms with E-state index in [4.69, 9.17) is 0 Å². The summed E-state index contributed by atoms with van der Waals surface area (Å²) in [7, 11) is 2.43. The van der Waals surface area contributed by atoms with E-state index in [1.807, 2.05) is 0 Å². The van der Waals surface area contributed by atoms with Gasteiger partial charge in [-0.1, -0.05) is 12.1 Å². The molecule has 0 radical (unpaired) electrons. The fraction of sp³-hybridized carbons (Fsp3) is 0.214. The number of nitrogens with zero attached hydrogens (tertiary/aromatic N) is 3. The minimum Gasteiger partial charge on any atom is -0.465 e. The van der Waals surface area contributed by atoms with Crippen LogP contribution in [0, 0.1) is 0 Å². The van der Waals surface area contributed by atoms with Crippen LogP contribution >= 0.6 is 0 Å². The zero-order valence-electron chi connectivity index (χ0n) is 12.0. The van der Waals surface area contributed by atoms with Crippen molar-refractivity contribution in [2.45, 2.75) is 6.18 Å². The number of esters is 1. The molecule has 0 saturated carbocycles. The van der Waals surface area contributed by atoms with Crippen molar-refractivity contribution < 1.29 is 22.7 Å². The lowest BCUT2D eigenvalue weighted by molar-refractivity contribution is -0.141. The van der Waals surface area contributed by atoms with Crippen LogP contribution in [0.4, 0.5) is 13.2 Å². The Morgan fingerprint density at radius 3 is 2.39 bits per heavy atom. The SMILES string of the molecule is COC(=O)c1c(C(F)(F)F)nc(=O)n2c3ccccc3n(C)c12. The van der Waals surface area contributed by atoms with Crippen LogP contribution in [-0.2, 0) is 18.0 Å². The first kappa shape index (κ1) is 15.1. The molecule has 120 valence electrons. The Morgan fingerprint density at radius 2 is 1.83 bits per heavy atom. The van der Waals surface area contributed by atoms with Crippen molar-refractivity contribution in [1.82, 2.24) is 14.0 Å². The number of carbonyl (C=O) groups excluding carboxylic acids is 1. The Kier molecular flexibility index (Phi) is 3.17. The van der Waals surface area contributed by atoms with Gasteiger partial charge in [0.05, 0.1) is 18.1 Å². The number of rotatable bonds is 1. The predicted molar refractivity (Wildman–Crippen MR) is 74.3 cm³/mol. The third-order valence-electron chi connectivity index (χ3n) is 3.53. The smallest absolute Gasteiger partial charge is 0.434 e. The average molecular weight is 325 g/mol. The third kappa shape index (κ3) is 2.07. The van der Waals surface area contributed by atoms with Gasteiger partial charge < -0.3 is 9.30 Å². The van der Waals surface area contributed by atoms with E-state index < -0.39 is 29.1 Å². The fourth-order valence-corrected chi connectivity index (χ4v) is 2.59. The minimum atomic E-state index is -4.96. The number of fused-ring (bicyclic) bond motifs is 3. The van der Waals surface area contributed by atoms with E-state index in [1.165, 1.54) is 11.6 Å². The van der Waals surface area contributed by atoms with Gasteiger partial charge in [-0.25, -0.2) is 14.0 Å². The highest BCUT2D eigenvalue weighted by atomic mass is 19.4. The molecule has 3 aromatic rings. The summed E-state index contributed by atoms with van der Waals surface area (Å²) in [6.45, 7) is 0. The standard InChI is InChI=1S/C14H10F3N3O3/c1-19-7-5-3-4-6-8(7)20-11(19)9(12(21)23-2)10(14(15,16)17)18-13(20)22/h3-6H,1-2H3. The molecule has 9 heteroatoms. The molecule has 23 heavy (non-hydrogen) atoms. The van der Waals surface area contributed by atoms with E-state index in [0.29, 0.717) is 11.0 Å². The normalized spacial score (nSPS) is 12.0. The molecule has 2 aromatic heterocycles. The molecule has 0 spiro atoms. The van der Waals surface area contributed by atoms with Crippen molar-refractivity contribution in [1.29, 1.82) is 0 Å². The van der Waals surface area contributed by atoms with E-state index >= 15 is 0 Å². The Bertz CT molecular complexity index is 1000. The largest absolute Gasteiger partial charge is 0.465 e. The maximum atomic E-state index is 13.2. The predicted octanol–water partition coefficient (Wildman–Crippen LogP) is 1.99. The lowest BCUT2D eigenvalue weighted by Gasteiger charge is -2.12. The van der Waals surface area contributed by atoms with Gasteiger partial charge in [0, 0.05) is 7.05 Å². The molecule has 0 N–H and O–H groups in total. The van der Waals surface area contributed by atoms with Crippen LogP contribution in [0.3, 0.4) is 0 Å². The second-order valence-corrected chi connectivity index (χ2v) is 4.81. The first-order valence-corrected chi connectivity index (χ1v) is 6.43. The number of alkyl halides is 3. The van der Waals surface area contributed by atoms with Crippen LogP contribution in [-0.4, -0.2) is 27.0 Å². The van der Waals surface area contributed by atoms with Crippen LogP contribution in [0.1, 0.15) is 16.1 Å². The van der Waals surface area contributed by atoms with Crippen LogP contribution in [0.25, 0.3) is 16.7 Å². The van der Waals surface area contributed by atoms with Crippen molar-refractivity contribution >= 4 is 22.6 Å². The summed E-state index contributed by atoms with van der Waals surface area (Å²) in [6.07, 6.45) is -4.96. The highest BCUT2D eigenvalue weighted by Crippen LogP contribution is 2.33. The molecule has 6 nitrogen and oxygen atoms in total. The van der Waals surface area contributed by atoms with E-state index in [-0.39, 0.29) is 5.65 Å². The molecule has 0 unspecified atom stereocenters. The van der Waals surface area contributed by atoms with Gasteiger partial charge in [0.2, 0.25) is 0 Å². The van der Waals surface area contributed by atoms with Gasteiger partial charge in [-0.2, -0.15) is 18.2 Å². The van der Waals surface area contributed by atoms with Crippen LogP contribution in [0.2, 0.25) is 0 Å². The first-order valence-electron chi connectivity index (χ1n) is 6.43. The van der Waals surface area contributed by atoms with E-state index in [1.54, 1.807) is 24.3 Å². The monoisotopic (exact) mass is 325 g/mol. The summed E-state index contributed by atoms with van der Waals surface area (Å²) in [5, 5.41) is 0. The number of hydrogen-bond acceptors (Lipinski definition) is 4. The summed E-state index contributed by atoms with van der Waals surface area (Å²) in [6, 6.07) is 6.47. The molecule has 0 atom stereocenters. The van der Waals surface area contributed by atoms with Gasteiger partial charge in [0.25, 0.3) is 0 Å². The van der Waals surface area contributed by atoms with Crippen LogP contribution < -0.4 is 5.69 Å². The number of aryl methyl sites for hydroxylation is 1. The molecule has 3 rings (SSSR count). The van der Waals surface area contributed by atoms with Gasteiger partial charge in [-0.3, -0.25) is 0 Å². The number of halogens is 3. The number of methoxy groups -OCH3 is 1. The van der Waals surface area contributed by atoms with E-state index in [2.05, 4.69) is 9.72 Å². The van der Waals surface area contributed by atoms with Gasteiger partial charge in [-0.05, 0) is 12.1 Å². The number of carbonyl (C=O) groups is 1. The fourth-order valence-electron chi connectivity index (χ4n) is 2.59. The lowest BCUT2D eigenvalue weighted by atomic mass is 10.2. The van der Waals surface area contributed by atoms with E-state index in [9.17, 15) is 22.8 Å². The molecule has 2 heterocycles. The molecule has 0 saturated heterocycles. The number of benzene rings is 1. The van der Waals surface area contributed by atoms with Gasteiger partial charge in [0.1, 0.15) is 11.2 Å². The Balaban J connectivity index is 2.65. The van der Waals surface area contributed by atoms with Crippen LogP contribution in [0.15, 0.2) is 29.1 Å². The summed E-state index contributed by atoms with van der Waals surface area (Å²) in [4.78, 5) is 27.1. The maximum Gasteiger partial charge on any atom is 0.434 e. The number of hydrogen-bond donors (Lipinski definition) is 0. The number of imidazole rings is 1. The first-order chi connectivity index (χ1) is 10.8. The van der Waals surface area contributed by atoms with Gasteiger partial charge >= 0.3 is 17.8 Å². The molecule has 0 aliphatic rings. The van der Waals surface area contributed by atoms with Crippen molar-refractivity contribution in [2.75, 3.05) is 7.11 Å². The molecule has 0 fully saturated rings. The summed E-state index contributed by atoms with van der Waals surface area (Å²) < 4.78 is 46.4. The molecule has 0 amide bonds. The number of ether oxygens (including phenoxy) is 1. The van der Waals surface area contributed by atoms with Crippen molar-refractivity contribution in [2.24, 2.45) is 7.05 Å². The topological polar surface area (TPSA) is 65.6 Å². The second-order valence-electron chi connectivity index (χ2n) is 4.81.